The molecule has 0 rings (SSSR count). The topological polar surface area (TPSA) is 32.7 Å². The fourth-order valence-electron chi connectivity index (χ4n) is 6.85. The van der Waals surface area contributed by atoms with Crippen LogP contribution < -0.4 is 0 Å². The molecule has 0 saturated carbocycles. The lowest BCUT2D eigenvalue weighted by Gasteiger charge is -2.31. The summed E-state index contributed by atoms with van der Waals surface area (Å²) in [7, 11) is 4.15. The van der Waals surface area contributed by atoms with Crippen molar-refractivity contribution >= 4 is 0 Å². The van der Waals surface area contributed by atoms with Crippen LogP contribution >= 0.6 is 0 Å². The monoisotopic (exact) mass is 664 g/mol. The predicted octanol–water partition coefficient (Wildman–Crippen LogP) is 14.2. The molecule has 2 unspecified atom stereocenters. The summed E-state index contributed by atoms with van der Waals surface area (Å²) in [4.78, 5) is 2.15. The smallest absolute Gasteiger partial charge is 0.0786 e. The van der Waals surface area contributed by atoms with E-state index in [1.165, 1.54) is 193 Å². The molecule has 47 heavy (non-hydrogen) atoms. The third-order valence-electron chi connectivity index (χ3n) is 10.3. The second kappa shape index (κ2) is 36.9. The summed E-state index contributed by atoms with van der Waals surface area (Å²) < 4.78 is 6.50. The average Bonchev–Trinajstić information content (AvgIpc) is 3.06. The van der Waals surface area contributed by atoms with E-state index in [-0.39, 0.29) is 11.7 Å². The Labute approximate surface area is 297 Å². The molecule has 0 heterocycles. The number of aliphatic hydroxyl groups excluding tert-OH is 1. The summed E-state index contributed by atoms with van der Waals surface area (Å²) in [5.74, 6) is 0. The van der Waals surface area contributed by atoms with Gasteiger partial charge < -0.3 is 14.7 Å². The molecule has 3 heteroatoms. The van der Waals surface area contributed by atoms with Crippen LogP contribution in [0.1, 0.15) is 233 Å². The van der Waals surface area contributed by atoms with Crippen molar-refractivity contribution in [1.29, 1.82) is 0 Å². The second-order valence-electron chi connectivity index (χ2n) is 15.7. The Morgan fingerprint density at radius 2 is 0.830 bits per heavy atom. The minimum atomic E-state index is -0.357. The molecule has 0 amide bonds. The molecule has 0 aromatic heterocycles. The lowest BCUT2D eigenvalue weighted by Crippen LogP contribution is -2.33. The number of hydrogen-bond acceptors (Lipinski definition) is 3. The molecule has 0 aliphatic rings. The molecule has 0 aliphatic carbocycles. The number of unbranched alkanes of at least 4 members (excludes halogenated alkanes) is 27. The first-order valence-electron chi connectivity index (χ1n) is 21.5. The van der Waals surface area contributed by atoms with E-state index in [4.69, 9.17) is 4.74 Å². The summed E-state index contributed by atoms with van der Waals surface area (Å²) in [5, 5.41) is 10.5. The SMILES string of the molecule is CCCCC/C=C\CCCCCCCCCCCC(C)(CCCCCCCCCCCCCCCCCC)OCC(O)CCN(C)C. The van der Waals surface area contributed by atoms with Crippen LogP contribution in [0.4, 0.5) is 0 Å². The first-order chi connectivity index (χ1) is 22.9. The standard InChI is InChI=1S/C44H89NO2/c1-6-8-10-12-14-16-18-20-22-24-26-28-30-32-34-36-39-44(3,47-42-43(46)38-41-45(4)5)40-37-35-33-31-29-27-25-23-21-19-17-15-13-11-9-7-2/h14,16,43,46H,6-13,15,17-42H2,1-5H3/b16-14-. The van der Waals surface area contributed by atoms with Gasteiger partial charge >= 0.3 is 0 Å². The molecule has 0 aromatic rings. The van der Waals surface area contributed by atoms with E-state index >= 15 is 0 Å². The number of nitrogens with zero attached hydrogens (tertiary/aromatic N) is 1. The summed E-state index contributed by atoms with van der Waals surface area (Å²) in [5.41, 5.74) is -0.0838. The molecule has 0 spiro atoms. The number of rotatable bonds is 39. The normalized spacial score (nSPS) is 14.0. The second-order valence-corrected chi connectivity index (χ2v) is 15.7. The Morgan fingerprint density at radius 1 is 0.511 bits per heavy atom. The first kappa shape index (κ1) is 46.6. The van der Waals surface area contributed by atoms with E-state index in [9.17, 15) is 5.11 Å². The highest BCUT2D eigenvalue weighted by atomic mass is 16.5. The fraction of sp³-hybridized carbons (Fsp3) is 0.955. The van der Waals surface area contributed by atoms with Gasteiger partial charge in [0.15, 0.2) is 0 Å². The van der Waals surface area contributed by atoms with Crippen molar-refractivity contribution in [3.63, 3.8) is 0 Å². The zero-order chi connectivity index (χ0) is 34.5. The minimum Gasteiger partial charge on any atom is -0.391 e. The molecule has 0 aliphatic heterocycles. The van der Waals surface area contributed by atoms with Crippen LogP contribution in [0.15, 0.2) is 12.2 Å². The van der Waals surface area contributed by atoms with E-state index in [1.807, 2.05) is 0 Å². The van der Waals surface area contributed by atoms with Crippen molar-refractivity contribution in [2.45, 2.75) is 244 Å². The molecule has 1 N–H and O–H groups in total. The van der Waals surface area contributed by atoms with E-state index in [0.717, 1.165) is 25.8 Å². The third-order valence-corrected chi connectivity index (χ3v) is 10.3. The lowest BCUT2D eigenvalue weighted by molar-refractivity contribution is -0.0825. The maximum atomic E-state index is 10.5. The largest absolute Gasteiger partial charge is 0.391 e. The average molecular weight is 664 g/mol. The van der Waals surface area contributed by atoms with Crippen molar-refractivity contribution in [3.05, 3.63) is 12.2 Å². The van der Waals surface area contributed by atoms with Crippen molar-refractivity contribution in [3.8, 4) is 0 Å². The Balaban J connectivity index is 4.01. The van der Waals surface area contributed by atoms with E-state index in [2.05, 4.69) is 51.9 Å². The van der Waals surface area contributed by atoms with Crippen LogP contribution in [-0.2, 0) is 4.74 Å². The zero-order valence-electron chi connectivity index (χ0n) is 33.3. The quantitative estimate of drug-likeness (QED) is 0.0525. The molecule has 282 valence electrons. The van der Waals surface area contributed by atoms with Crippen LogP contribution in [-0.4, -0.2) is 49.0 Å². The van der Waals surface area contributed by atoms with Gasteiger partial charge in [-0.3, -0.25) is 0 Å². The maximum absolute atomic E-state index is 10.5. The summed E-state index contributed by atoms with van der Waals surface area (Å²) in [6, 6.07) is 0. The number of aliphatic hydroxyl groups is 1. The molecule has 0 radical (unpaired) electrons. The van der Waals surface area contributed by atoms with Gasteiger partial charge in [0.05, 0.1) is 18.3 Å². The van der Waals surface area contributed by atoms with Crippen LogP contribution in [0.25, 0.3) is 0 Å². The van der Waals surface area contributed by atoms with Gasteiger partial charge in [-0.15, -0.1) is 0 Å². The lowest BCUT2D eigenvalue weighted by atomic mass is 9.91. The fourth-order valence-corrected chi connectivity index (χ4v) is 6.85. The van der Waals surface area contributed by atoms with Crippen molar-refractivity contribution in [1.82, 2.24) is 4.90 Å². The first-order valence-corrected chi connectivity index (χ1v) is 21.5. The number of allylic oxidation sites excluding steroid dienone is 2. The molecule has 0 aromatic carbocycles. The van der Waals surface area contributed by atoms with E-state index < -0.39 is 0 Å². The summed E-state index contributed by atoms with van der Waals surface area (Å²) >= 11 is 0. The van der Waals surface area contributed by atoms with Gasteiger partial charge in [0, 0.05) is 6.54 Å². The van der Waals surface area contributed by atoms with Gasteiger partial charge in [-0.05, 0) is 66.0 Å². The van der Waals surface area contributed by atoms with Crippen molar-refractivity contribution in [2.75, 3.05) is 27.2 Å². The van der Waals surface area contributed by atoms with Gasteiger partial charge in [-0.1, -0.05) is 193 Å². The van der Waals surface area contributed by atoms with Gasteiger partial charge in [-0.2, -0.15) is 0 Å². The molecule has 0 bridgehead atoms. The van der Waals surface area contributed by atoms with E-state index in [0.29, 0.717) is 6.61 Å². The van der Waals surface area contributed by atoms with Crippen molar-refractivity contribution < 1.29 is 9.84 Å². The van der Waals surface area contributed by atoms with Gasteiger partial charge in [-0.25, -0.2) is 0 Å². The summed E-state index contributed by atoms with van der Waals surface area (Å²) in [6.07, 6.45) is 49.0. The number of ether oxygens (including phenoxy) is 1. The number of hydrogen-bond donors (Lipinski definition) is 1. The molecule has 0 fully saturated rings. The maximum Gasteiger partial charge on any atom is 0.0786 e. The summed E-state index contributed by atoms with van der Waals surface area (Å²) in [6.45, 7) is 8.31. The highest BCUT2D eigenvalue weighted by molar-refractivity contribution is 4.81. The zero-order valence-corrected chi connectivity index (χ0v) is 33.3. The van der Waals surface area contributed by atoms with Crippen LogP contribution in [0.2, 0.25) is 0 Å². The highest BCUT2D eigenvalue weighted by Crippen LogP contribution is 2.28. The van der Waals surface area contributed by atoms with Crippen LogP contribution in [0.3, 0.4) is 0 Å². The Bertz CT molecular complexity index is 620. The molecular formula is C44H89NO2. The van der Waals surface area contributed by atoms with Crippen molar-refractivity contribution in [2.24, 2.45) is 0 Å². The van der Waals surface area contributed by atoms with Gasteiger partial charge in [0.25, 0.3) is 0 Å². The Hall–Kier alpha value is -0.380. The molecule has 0 saturated heterocycles. The minimum absolute atomic E-state index is 0.0838. The van der Waals surface area contributed by atoms with Gasteiger partial charge in [0.1, 0.15) is 0 Å². The highest BCUT2D eigenvalue weighted by Gasteiger charge is 2.25. The van der Waals surface area contributed by atoms with Crippen LogP contribution in [0, 0.1) is 0 Å². The third kappa shape index (κ3) is 36.7. The van der Waals surface area contributed by atoms with Gasteiger partial charge in [0.2, 0.25) is 0 Å². The predicted molar refractivity (Wildman–Crippen MR) is 212 cm³/mol. The Morgan fingerprint density at radius 3 is 1.21 bits per heavy atom. The Kier molecular flexibility index (Phi) is 36.6. The molecule has 3 nitrogen and oxygen atoms in total. The molecule has 2 atom stereocenters. The molecular weight excluding hydrogens is 574 g/mol. The van der Waals surface area contributed by atoms with Crippen LogP contribution in [0.5, 0.6) is 0 Å². The van der Waals surface area contributed by atoms with E-state index in [1.54, 1.807) is 0 Å².